The average Bonchev–Trinajstić information content (AvgIpc) is 3.38. The Morgan fingerprint density at radius 1 is 1.19 bits per heavy atom. The molecule has 0 aliphatic carbocycles. The number of nitriles is 1. The minimum absolute atomic E-state index is 0.163. The number of ether oxygens (including phenoxy) is 1. The van der Waals surface area contributed by atoms with Crippen LogP contribution >= 0.6 is 11.6 Å². The van der Waals surface area contributed by atoms with Gasteiger partial charge in [0.05, 0.1) is 30.4 Å². The molecule has 0 bridgehead atoms. The molecule has 6 nitrogen and oxygen atoms in total. The van der Waals surface area contributed by atoms with Gasteiger partial charge in [-0.15, -0.1) is 0 Å². The van der Waals surface area contributed by atoms with Crippen LogP contribution in [0.15, 0.2) is 54.7 Å². The Morgan fingerprint density at radius 2 is 2.00 bits per heavy atom. The summed E-state index contributed by atoms with van der Waals surface area (Å²) >= 11 is 6.34. The number of hydrogen-bond donors (Lipinski definition) is 0. The van der Waals surface area contributed by atoms with E-state index in [1.54, 1.807) is 6.07 Å². The third-order valence-electron chi connectivity index (χ3n) is 5.57. The zero-order valence-electron chi connectivity index (χ0n) is 18.0. The highest BCUT2D eigenvalue weighted by atomic mass is 35.5. The topological polar surface area (TPSA) is 72.8 Å². The van der Waals surface area contributed by atoms with Gasteiger partial charge >= 0.3 is 5.97 Å². The number of hydrogen-bond acceptors (Lipinski definition) is 4. The van der Waals surface area contributed by atoms with Gasteiger partial charge in [-0.1, -0.05) is 49.2 Å². The molecular formula is C25H23ClN4O2. The number of aryl methyl sites for hydroxylation is 1. The molecule has 0 fully saturated rings. The third-order valence-corrected chi connectivity index (χ3v) is 5.84. The summed E-state index contributed by atoms with van der Waals surface area (Å²) in [6, 6.07) is 17.8. The van der Waals surface area contributed by atoms with Crippen LogP contribution in [-0.4, -0.2) is 27.2 Å². The van der Waals surface area contributed by atoms with Crippen molar-refractivity contribution in [2.45, 2.75) is 32.7 Å². The van der Waals surface area contributed by atoms with Crippen LogP contribution < -0.4 is 0 Å². The van der Waals surface area contributed by atoms with E-state index in [1.807, 2.05) is 57.8 Å². The predicted octanol–water partition coefficient (Wildman–Crippen LogP) is 5.53. The second-order valence-corrected chi connectivity index (χ2v) is 7.87. The van der Waals surface area contributed by atoms with Crippen molar-refractivity contribution in [3.8, 4) is 11.8 Å². The van der Waals surface area contributed by atoms with Gasteiger partial charge in [0, 0.05) is 18.0 Å². The lowest BCUT2D eigenvalue weighted by Crippen LogP contribution is -2.14. The van der Waals surface area contributed by atoms with E-state index in [4.69, 9.17) is 16.3 Å². The summed E-state index contributed by atoms with van der Waals surface area (Å²) in [6.45, 7) is 2.54. The molecule has 2 heterocycles. The van der Waals surface area contributed by atoms with Crippen LogP contribution in [-0.2, 0) is 17.7 Å². The molecule has 32 heavy (non-hydrogen) atoms. The first-order valence-electron chi connectivity index (χ1n) is 10.5. The standard InChI is InChI=1S/C25H23ClN4O2/c1-3-4-12-22-28-24(26)23(25(31)32-2)30(22)16-18-9-7-11-21-19(18)13-14-29(21)20-10-6-5-8-17(20)15-27/h5-11,13-14H,3-4,12,16H2,1-2H3. The highest BCUT2D eigenvalue weighted by Crippen LogP contribution is 2.28. The summed E-state index contributed by atoms with van der Waals surface area (Å²) in [5, 5.41) is 10.7. The number of carbonyl (C=O) groups excluding carboxylic acids is 1. The smallest absolute Gasteiger partial charge is 0.357 e. The fourth-order valence-corrected chi connectivity index (χ4v) is 4.26. The molecular weight excluding hydrogens is 424 g/mol. The highest BCUT2D eigenvalue weighted by molar-refractivity contribution is 6.32. The zero-order chi connectivity index (χ0) is 22.7. The Hall–Kier alpha value is -3.56. The molecule has 0 amide bonds. The maximum atomic E-state index is 12.5. The molecule has 2 aromatic heterocycles. The molecule has 0 aliphatic rings. The van der Waals surface area contributed by atoms with Gasteiger partial charge in [-0.2, -0.15) is 5.26 Å². The molecule has 162 valence electrons. The molecule has 0 spiro atoms. The number of nitrogens with zero attached hydrogens (tertiary/aromatic N) is 4. The van der Waals surface area contributed by atoms with E-state index in [2.05, 4.69) is 18.0 Å². The van der Waals surface area contributed by atoms with E-state index < -0.39 is 5.97 Å². The fraction of sp³-hybridized carbons (Fsp3) is 0.240. The number of unbranched alkanes of at least 4 members (excludes halogenated alkanes) is 1. The summed E-state index contributed by atoms with van der Waals surface area (Å²) in [5.41, 5.74) is 3.70. The summed E-state index contributed by atoms with van der Waals surface area (Å²) in [5.74, 6) is 0.265. The van der Waals surface area contributed by atoms with Gasteiger partial charge in [-0.05, 0) is 36.2 Å². The number of fused-ring (bicyclic) bond motifs is 1. The molecule has 4 rings (SSSR count). The van der Waals surface area contributed by atoms with Crippen molar-refractivity contribution in [1.29, 1.82) is 5.26 Å². The SMILES string of the molecule is CCCCc1nc(Cl)c(C(=O)OC)n1Cc1cccc2c1ccn2-c1ccccc1C#N. The number of halogens is 1. The van der Waals surface area contributed by atoms with E-state index in [-0.39, 0.29) is 10.8 Å². The Balaban J connectivity index is 1.82. The maximum absolute atomic E-state index is 12.5. The summed E-state index contributed by atoms with van der Waals surface area (Å²) in [7, 11) is 1.34. The number of methoxy groups -OCH3 is 1. The number of esters is 1. The molecule has 2 aromatic carbocycles. The number of benzene rings is 2. The number of aromatic nitrogens is 3. The van der Waals surface area contributed by atoms with Crippen LogP contribution in [0.25, 0.3) is 16.6 Å². The van der Waals surface area contributed by atoms with Crippen molar-refractivity contribution in [2.24, 2.45) is 0 Å². The van der Waals surface area contributed by atoms with E-state index in [0.29, 0.717) is 12.1 Å². The quantitative estimate of drug-likeness (QED) is 0.350. The van der Waals surface area contributed by atoms with Crippen LogP contribution in [0.5, 0.6) is 0 Å². The molecule has 0 aliphatic heterocycles. The molecule has 0 saturated carbocycles. The summed E-state index contributed by atoms with van der Waals surface area (Å²) in [4.78, 5) is 16.9. The second kappa shape index (κ2) is 9.29. The van der Waals surface area contributed by atoms with Crippen molar-refractivity contribution in [3.63, 3.8) is 0 Å². The van der Waals surface area contributed by atoms with Gasteiger partial charge in [-0.25, -0.2) is 9.78 Å². The summed E-state index contributed by atoms with van der Waals surface area (Å²) in [6.07, 6.45) is 4.64. The van der Waals surface area contributed by atoms with E-state index in [9.17, 15) is 10.1 Å². The molecule has 7 heteroatoms. The van der Waals surface area contributed by atoms with Crippen molar-refractivity contribution in [3.05, 3.63) is 82.5 Å². The zero-order valence-corrected chi connectivity index (χ0v) is 18.8. The van der Waals surface area contributed by atoms with Crippen LogP contribution in [0.3, 0.4) is 0 Å². The van der Waals surface area contributed by atoms with Gasteiger partial charge in [0.25, 0.3) is 0 Å². The van der Waals surface area contributed by atoms with Crippen molar-refractivity contribution in [1.82, 2.24) is 14.1 Å². The minimum atomic E-state index is -0.502. The number of para-hydroxylation sites is 1. The van der Waals surface area contributed by atoms with Crippen LogP contribution in [0.1, 0.15) is 47.2 Å². The Labute approximate surface area is 191 Å². The fourth-order valence-electron chi connectivity index (χ4n) is 3.98. The van der Waals surface area contributed by atoms with Gasteiger partial charge in [0.2, 0.25) is 0 Å². The lowest BCUT2D eigenvalue weighted by molar-refractivity contribution is 0.0589. The van der Waals surface area contributed by atoms with Crippen LogP contribution in [0, 0.1) is 11.3 Å². The molecule has 4 aromatic rings. The van der Waals surface area contributed by atoms with E-state index in [0.717, 1.165) is 47.2 Å². The molecule has 0 unspecified atom stereocenters. The molecule has 0 atom stereocenters. The first kappa shape index (κ1) is 21.7. The first-order valence-corrected chi connectivity index (χ1v) is 10.9. The molecule has 0 radical (unpaired) electrons. The van der Waals surface area contributed by atoms with Gasteiger partial charge in [0.1, 0.15) is 11.9 Å². The summed E-state index contributed by atoms with van der Waals surface area (Å²) < 4.78 is 8.84. The normalized spacial score (nSPS) is 10.9. The second-order valence-electron chi connectivity index (χ2n) is 7.51. The Kier molecular flexibility index (Phi) is 6.29. The minimum Gasteiger partial charge on any atom is -0.464 e. The monoisotopic (exact) mass is 446 g/mol. The Morgan fingerprint density at radius 3 is 2.75 bits per heavy atom. The van der Waals surface area contributed by atoms with Gasteiger partial charge in [-0.3, -0.25) is 0 Å². The largest absolute Gasteiger partial charge is 0.464 e. The molecule has 0 saturated heterocycles. The van der Waals surface area contributed by atoms with Crippen molar-refractivity contribution >= 4 is 28.5 Å². The van der Waals surface area contributed by atoms with Gasteiger partial charge < -0.3 is 13.9 Å². The highest BCUT2D eigenvalue weighted by Gasteiger charge is 2.23. The lowest BCUT2D eigenvalue weighted by Gasteiger charge is -2.13. The number of carbonyl (C=O) groups is 1. The first-order chi connectivity index (χ1) is 15.6. The van der Waals surface area contributed by atoms with Crippen molar-refractivity contribution < 1.29 is 9.53 Å². The van der Waals surface area contributed by atoms with Crippen molar-refractivity contribution in [2.75, 3.05) is 7.11 Å². The van der Waals surface area contributed by atoms with E-state index >= 15 is 0 Å². The number of imidazole rings is 1. The number of rotatable bonds is 7. The van der Waals surface area contributed by atoms with Gasteiger partial charge in [0.15, 0.2) is 10.8 Å². The average molecular weight is 447 g/mol. The predicted molar refractivity (Wildman–Crippen MR) is 124 cm³/mol. The van der Waals surface area contributed by atoms with E-state index in [1.165, 1.54) is 7.11 Å². The lowest BCUT2D eigenvalue weighted by atomic mass is 10.1. The molecule has 0 N–H and O–H groups in total. The Bertz CT molecular complexity index is 1330. The van der Waals surface area contributed by atoms with Crippen LogP contribution in [0.2, 0.25) is 5.15 Å². The maximum Gasteiger partial charge on any atom is 0.357 e. The third kappa shape index (κ3) is 3.88. The van der Waals surface area contributed by atoms with Crippen LogP contribution in [0.4, 0.5) is 0 Å².